The van der Waals surface area contributed by atoms with Gasteiger partial charge < -0.3 is 20.4 Å². The number of fused-ring (bicyclic) bond motifs is 5. The molecule has 0 spiro atoms. The molecule has 0 aromatic carbocycles. The molecule has 4 aliphatic carbocycles. The third-order valence-corrected chi connectivity index (χ3v) is 11.4. The number of carboxylic acids is 1. The summed E-state index contributed by atoms with van der Waals surface area (Å²) in [6.45, 7) is 7.46. The largest absolute Gasteiger partial charge is 0.479 e. The maximum absolute atomic E-state index is 11.3. The maximum atomic E-state index is 11.3. The van der Waals surface area contributed by atoms with E-state index in [9.17, 15) is 25.2 Å². The summed E-state index contributed by atoms with van der Waals surface area (Å²) in [7, 11) is 0. The second-order valence-electron chi connectivity index (χ2n) is 12.6. The Labute approximate surface area is 194 Å². The first-order valence-electron chi connectivity index (χ1n) is 13.4. The highest BCUT2D eigenvalue weighted by molar-refractivity contribution is 5.77. The lowest BCUT2D eigenvalue weighted by Crippen LogP contribution is -2.53. The molecular formula is C27H46O5. The van der Waals surface area contributed by atoms with Crippen molar-refractivity contribution in [3.05, 3.63) is 0 Å². The molecule has 4 rings (SSSR count). The first kappa shape index (κ1) is 24.5. The van der Waals surface area contributed by atoms with E-state index in [1.165, 1.54) is 64.2 Å². The Kier molecular flexibility index (Phi) is 6.77. The quantitative estimate of drug-likeness (QED) is 0.411. The topological polar surface area (TPSA) is 98.0 Å². The van der Waals surface area contributed by atoms with Crippen molar-refractivity contribution in [1.82, 2.24) is 0 Å². The van der Waals surface area contributed by atoms with Crippen LogP contribution in [0.1, 0.15) is 104 Å². The van der Waals surface area contributed by atoms with Crippen molar-refractivity contribution < 1.29 is 25.2 Å². The van der Waals surface area contributed by atoms with Crippen LogP contribution in [-0.4, -0.2) is 38.3 Å². The molecule has 4 saturated carbocycles. The van der Waals surface area contributed by atoms with Gasteiger partial charge in [-0.25, -0.2) is 4.79 Å². The van der Waals surface area contributed by atoms with Gasteiger partial charge in [0.2, 0.25) is 5.60 Å². The van der Waals surface area contributed by atoms with Crippen LogP contribution in [0.2, 0.25) is 0 Å². The van der Waals surface area contributed by atoms with E-state index in [2.05, 4.69) is 20.8 Å². The van der Waals surface area contributed by atoms with E-state index in [1.54, 1.807) is 0 Å². The Hall–Kier alpha value is -0.650. The molecule has 4 fully saturated rings. The van der Waals surface area contributed by atoms with E-state index in [1.807, 2.05) is 0 Å². The lowest BCUT2D eigenvalue weighted by molar-refractivity contribution is -0.209. The summed E-state index contributed by atoms with van der Waals surface area (Å²) in [6.07, 6.45) is 12.8. The summed E-state index contributed by atoms with van der Waals surface area (Å²) < 4.78 is 0. The maximum Gasteiger partial charge on any atom is 0.341 e. The summed E-state index contributed by atoms with van der Waals surface area (Å²) in [5, 5.41) is 38.1. The van der Waals surface area contributed by atoms with Crippen molar-refractivity contribution in [2.24, 2.45) is 46.3 Å². The zero-order valence-corrected chi connectivity index (χ0v) is 20.4. The fraction of sp³-hybridized carbons (Fsp3) is 0.963. The van der Waals surface area contributed by atoms with Gasteiger partial charge in [-0.3, -0.25) is 0 Å². The van der Waals surface area contributed by atoms with Crippen LogP contribution in [0.15, 0.2) is 0 Å². The van der Waals surface area contributed by atoms with Gasteiger partial charge in [-0.05, 0) is 111 Å². The highest BCUT2D eigenvalue weighted by atomic mass is 16.5. The van der Waals surface area contributed by atoms with Crippen molar-refractivity contribution in [2.45, 2.75) is 116 Å². The van der Waals surface area contributed by atoms with E-state index >= 15 is 0 Å². The highest BCUT2D eigenvalue weighted by Crippen LogP contribution is 2.68. The minimum Gasteiger partial charge on any atom is -0.479 e. The summed E-state index contributed by atoms with van der Waals surface area (Å²) in [5.41, 5.74) is -1.52. The summed E-state index contributed by atoms with van der Waals surface area (Å²) >= 11 is 0. The van der Waals surface area contributed by atoms with Gasteiger partial charge in [-0.15, -0.1) is 0 Å². The van der Waals surface area contributed by atoms with Crippen LogP contribution < -0.4 is 0 Å². The third kappa shape index (κ3) is 3.84. The Morgan fingerprint density at radius 2 is 1.69 bits per heavy atom. The van der Waals surface area contributed by atoms with E-state index in [0.29, 0.717) is 29.1 Å². The number of aliphatic hydroxyl groups is 3. The standard InChI is InChI=1S/C27H46O5/c1-17(7-6-15-27(32,23(28)29)24(30)31)20-11-12-21-19-10-9-18-8-4-5-14-25(18,2)22(19)13-16-26(20,21)3/h17-23,28-29,32H,4-16H2,1-3H3,(H,30,31)/t17-,18?,19+,20-,21+,22+,25+,26-,27-/m1/s1. The van der Waals surface area contributed by atoms with Gasteiger partial charge in [0.05, 0.1) is 0 Å². The van der Waals surface area contributed by atoms with Gasteiger partial charge in [0.25, 0.3) is 0 Å². The van der Waals surface area contributed by atoms with Gasteiger partial charge in [0.15, 0.2) is 6.29 Å². The zero-order chi connectivity index (χ0) is 23.3. The molecule has 0 aromatic rings. The van der Waals surface area contributed by atoms with Gasteiger partial charge in [-0.1, -0.05) is 40.0 Å². The molecule has 1 unspecified atom stereocenters. The van der Waals surface area contributed by atoms with Gasteiger partial charge in [-0.2, -0.15) is 0 Å². The molecule has 0 bridgehead atoms. The summed E-state index contributed by atoms with van der Waals surface area (Å²) in [6, 6.07) is 0. The molecule has 4 N–H and O–H groups in total. The van der Waals surface area contributed by atoms with Crippen molar-refractivity contribution in [3.8, 4) is 0 Å². The predicted molar refractivity (Wildman–Crippen MR) is 124 cm³/mol. The SMILES string of the molecule is C[C@H](CCC[C@](O)(C(=O)O)C(O)O)[C@H]1CC[C@H]2[C@@H]3CCC4CCCC[C@]4(C)[C@H]3CC[C@]12C. The highest BCUT2D eigenvalue weighted by Gasteiger charge is 2.60. The Balaban J connectivity index is 1.41. The number of carbonyl (C=O) groups is 1. The van der Waals surface area contributed by atoms with Gasteiger partial charge >= 0.3 is 5.97 Å². The van der Waals surface area contributed by atoms with Crippen LogP contribution in [0.25, 0.3) is 0 Å². The average Bonchev–Trinajstić information content (AvgIpc) is 3.10. The molecular weight excluding hydrogens is 404 g/mol. The predicted octanol–water partition coefficient (Wildman–Crippen LogP) is 4.97. The first-order chi connectivity index (χ1) is 15.0. The Morgan fingerprint density at radius 3 is 2.38 bits per heavy atom. The van der Waals surface area contributed by atoms with Crippen molar-refractivity contribution in [2.75, 3.05) is 0 Å². The Bertz CT molecular complexity index is 694. The van der Waals surface area contributed by atoms with Crippen molar-refractivity contribution >= 4 is 5.97 Å². The van der Waals surface area contributed by atoms with E-state index in [4.69, 9.17) is 0 Å². The fourth-order valence-corrected chi connectivity index (χ4v) is 9.51. The second kappa shape index (κ2) is 8.85. The number of carboxylic acid groups (broad SMARTS) is 1. The number of hydrogen-bond acceptors (Lipinski definition) is 4. The van der Waals surface area contributed by atoms with Gasteiger partial charge in [0.1, 0.15) is 0 Å². The molecule has 9 atom stereocenters. The number of aliphatic carboxylic acids is 1. The Morgan fingerprint density at radius 1 is 0.969 bits per heavy atom. The third-order valence-electron chi connectivity index (χ3n) is 11.4. The minimum atomic E-state index is -2.46. The van der Waals surface area contributed by atoms with Crippen LogP contribution in [0, 0.1) is 46.3 Å². The average molecular weight is 451 g/mol. The number of rotatable bonds is 7. The van der Waals surface area contributed by atoms with Crippen LogP contribution >= 0.6 is 0 Å². The molecule has 0 heterocycles. The van der Waals surface area contributed by atoms with Crippen LogP contribution in [0.4, 0.5) is 0 Å². The molecule has 0 saturated heterocycles. The minimum absolute atomic E-state index is 0.123. The van der Waals surface area contributed by atoms with Crippen molar-refractivity contribution in [3.63, 3.8) is 0 Å². The summed E-state index contributed by atoms with van der Waals surface area (Å²) in [4.78, 5) is 11.3. The summed E-state index contributed by atoms with van der Waals surface area (Å²) in [5.74, 6) is 3.10. The first-order valence-corrected chi connectivity index (χ1v) is 13.4. The smallest absolute Gasteiger partial charge is 0.341 e. The number of aliphatic hydroxyl groups excluding tert-OH is 1. The zero-order valence-electron chi connectivity index (χ0n) is 20.4. The second-order valence-corrected chi connectivity index (χ2v) is 12.6. The molecule has 5 heteroatoms. The molecule has 184 valence electrons. The van der Waals surface area contributed by atoms with Gasteiger partial charge in [0, 0.05) is 0 Å². The van der Waals surface area contributed by atoms with E-state index in [-0.39, 0.29) is 6.42 Å². The molecule has 0 aromatic heterocycles. The van der Waals surface area contributed by atoms with Crippen LogP contribution in [0.5, 0.6) is 0 Å². The monoisotopic (exact) mass is 450 g/mol. The molecule has 0 amide bonds. The number of hydrogen-bond donors (Lipinski definition) is 4. The van der Waals surface area contributed by atoms with E-state index in [0.717, 1.165) is 30.1 Å². The molecule has 0 aliphatic heterocycles. The molecule has 0 radical (unpaired) electrons. The van der Waals surface area contributed by atoms with Crippen molar-refractivity contribution in [1.29, 1.82) is 0 Å². The van der Waals surface area contributed by atoms with Crippen LogP contribution in [0.3, 0.4) is 0 Å². The molecule has 5 nitrogen and oxygen atoms in total. The van der Waals surface area contributed by atoms with Crippen LogP contribution in [-0.2, 0) is 4.79 Å². The van der Waals surface area contributed by atoms with E-state index < -0.39 is 17.9 Å². The fourth-order valence-electron chi connectivity index (χ4n) is 9.51. The normalized spacial score (nSPS) is 44.3. The molecule has 4 aliphatic rings. The lowest BCUT2D eigenvalue weighted by Gasteiger charge is -2.61. The lowest BCUT2D eigenvalue weighted by atomic mass is 9.44. The molecule has 32 heavy (non-hydrogen) atoms.